The van der Waals surface area contributed by atoms with Gasteiger partial charge in [0.05, 0.1) is 5.60 Å². The van der Waals surface area contributed by atoms with Crippen molar-refractivity contribution in [3.8, 4) is 0 Å². The van der Waals surface area contributed by atoms with E-state index in [1.165, 1.54) is 16.8 Å². The normalized spacial score (nSPS) is 15.8. The Hall–Kier alpha value is -2.69. The molecular formula is C25H28ClN3O. The summed E-state index contributed by atoms with van der Waals surface area (Å²) < 4.78 is 0. The molecular weight excluding hydrogens is 394 g/mol. The molecule has 0 bridgehead atoms. The number of piperidine rings is 1. The van der Waals surface area contributed by atoms with Gasteiger partial charge >= 0.3 is 0 Å². The molecule has 4 rings (SSSR count). The highest BCUT2D eigenvalue weighted by molar-refractivity contribution is 6.30. The van der Waals surface area contributed by atoms with Crippen LogP contribution in [0.5, 0.6) is 0 Å². The standard InChI is InChI=1S/C25H28ClN3O/c1-18-16-22(27)7-2-19(18)17-28-23-8-10-24(11-9-23)29-14-12-25(30,13-15-29)20-3-5-21(26)6-4-20/h2-11,16,28,30H,12-15,17,27H2,1H3. The minimum absolute atomic E-state index is 0.694. The molecule has 0 spiro atoms. The van der Waals surface area contributed by atoms with Crippen molar-refractivity contribution in [2.45, 2.75) is 31.9 Å². The lowest BCUT2D eigenvalue weighted by molar-refractivity contribution is 0.0118. The number of aryl methyl sites for hydroxylation is 1. The molecule has 4 nitrogen and oxygen atoms in total. The molecule has 3 aromatic rings. The largest absolute Gasteiger partial charge is 0.399 e. The van der Waals surface area contributed by atoms with E-state index in [0.717, 1.165) is 36.6 Å². The number of hydrogen-bond donors (Lipinski definition) is 3. The molecule has 1 saturated heterocycles. The molecule has 30 heavy (non-hydrogen) atoms. The second-order valence-electron chi connectivity index (χ2n) is 8.11. The van der Waals surface area contributed by atoms with Crippen molar-refractivity contribution in [3.05, 3.63) is 88.4 Å². The molecule has 156 valence electrons. The number of anilines is 3. The molecule has 1 aliphatic heterocycles. The van der Waals surface area contributed by atoms with E-state index < -0.39 is 5.60 Å². The molecule has 1 fully saturated rings. The summed E-state index contributed by atoms with van der Waals surface area (Å²) in [6, 6.07) is 22.1. The van der Waals surface area contributed by atoms with Gasteiger partial charge in [0, 0.05) is 41.7 Å². The van der Waals surface area contributed by atoms with Crippen molar-refractivity contribution in [3.63, 3.8) is 0 Å². The first-order valence-corrected chi connectivity index (χ1v) is 10.7. The van der Waals surface area contributed by atoms with Crippen LogP contribution in [0.2, 0.25) is 5.02 Å². The lowest BCUT2D eigenvalue weighted by atomic mass is 9.84. The Morgan fingerprint density at radius 1 is 1.00 bits per heavy atom. The zero-order valence-corrected chi connectivity index (χ0v) is 18.0. The number of nitrogen functional groups attached to an aromatic ring is 1. The summed E-state index contributed by atoms with van der Waals surface area (Å²) >= 11 is 5.98. The summed E-state index contributed by atoms with van der Waals surface area (Å²) in [6.45, 7) is 4.48. The van der Waals surface area contributed by atoms with Crippen LogP contribution in [0.3, 0.4) is 0 Å². The molecule has 0 saturated carbocycles. The highest BCUT2D eigenvalue weighted by atomic mass is 35.5. The third-order valence-corrected chi connectivity index (χ3v) is 6.31. The van der Waals surface area contributed by atoms with Crippen molar-refractivity contribution in [1.29, 1.82) is 0 Å². The minimum atomic E-state index is -0.778. The Bertz CT molecular complexity index is 994. The van der Waals surface area contributed by atoms with Gasteiger partial charge in [-0.3, -0.25) is 0 Å². The highest BCUT2D eigenvalue weighted by Crippen LogP contribution is 2.35. The topological polar surface area (TPSA) is 61.5 Å². The van der Waals surface area contributed by atoms with Crippen molar-refractivity contribution in [2.75, 3.05) is 29.0 Å². The summed E-state index contributed by atoms with van der Waals surface area (Å²) in [4.78, 5) is 2.33. The van der Waals surface area contributed by atoms with Crippen LogP contribution in [0, 0.1) is 6.92 Å². The number of nitrogens with one attached hydrogen (secondary N) is 1. The number of aliphatic hydroxyl groups is 1. The molecule has 1 aliphatic rings. The van der Waals surface area contributed by atoms with Gasteiger partial charge in [-0.25, -0.2) is 0 Å². The predicted octanol–water partition coefficient (Wildman–Crippen LogP) is 5.33. The number of halogens is 1. The van der Waals surface area contributed by atoms with Gasteiger partial charge in [0.15, 0.2) is 0 Å². The third-order valence-electron chi connectivity index (χ3n) is 6.05. The quantitative estimate of drug-likeness (QED) is 0.487. The predicted molar refractivity (Wildman–Crippen MR) is 126 cm³/mol. The zero-order chi connectivity index (χ0) is 21.1. The fraction of sp³-hybridized carbons (Fsp3) is 0.280. The molecule has 0 unspecified atom stereocenters. The van der Waals surface area contributed by atoms with E-state index in [1.807, 2.05) is 36.4 Å². The van der Waals surface area contributed by atoms with Gasteiger partial charge in [0.1, 0.15) is 0 Å². The van der Waals surface area contributed by atoms with Crippen LogP contribution < -0.4 is 16.0 Å². The smallest absolute Gasteiger partial charge is 0.0930 e. The Labute approximate surface area is 183 Å². The average Bonchev–Trinajstić information content (AvgIpc) is 2.75. The summed E-state index contributed by atoms with van der Waals surface area (Å²) in [5.41, 5.74) is 11.5. The Morgan fingerprint density at radius 3 is 2.30 bits per heavy atom. The SMILES string of the molecule is Cc1cc(N)ccc1CNc1ccc(N2CCC(O)(c3ccc(Cl)cc3)CC2)cc1. The van der Waals surface area contributed by atoms with Crippen LogP contribution >= 0.6 is 11.6 Å². The number of rotatable bonds is 5. The van der Waals surface area contributed by atoms with Gasteiger partial charge in [0.25, 0.3) is 0 Å². The van der Waals surface area contributed by atoms with Crippen molar-refractivity contribution in [2.24, 2.45) is 0 Å². The molecule has 4 N–H and O–H groups in total. The van der Waals surface area contributed by atoms with E-state index in [2.05, 4.69) is 47.5 Å². The summed E-state index contributed by atoms with van der Waals surface area (Å²) in [6.07, 6.45) is 1.40. The molecule has 0 amide bonds. The molecule has 1 heterocycles. The van der Waals surface area contributed by atoms with Gasteiger partial charge in [-0.2, -0.15) is 0 Å². The third kappa shape index (κ3) is 4.55. The number of hydrogen-bond acceptors (Lipinski definition) is 4. The molecule has 5 heteroatoms. The maximum atomic E-state index is 11.1. The van der Waals surface area contributed by atoms with Crippen LogP contribution in [0.1, 0.15) is 29.5 Å². The monoisotopic (exact) mass is 421 g/mol. The maximum absolute atomic E-state index is 11.1. The fourth-order valence-corrected chi connectivity index (χ4v) is 4.21. The molecule has 3 aromatic carbocycles. The molecule has 0 aliphatic carbocycles. The zero-order valence-electron chi connectivity index (χ0n) is 17.2. The lowest BCUT2D eigenvalue weighted by Gasteiger charge is -2.39. The van der Waals surface area contributed by atoms with Crippen LogP contribution in [-0.2, 0) is 12.1 Å². The second kappa shape index (κ2) is 8.58. The molecule has 0 radical (unpaired) electrons. The van der Waals surface area contributed by atoms with E-state index in [1.54, 1.807) is 0 Å². The van der Waals surface area contributed by atoms with Crippen LogP contribution in [0.15, 0.2) is 66.7 Å². The highest BCUT2D eigenvalue weighted by Gasteiger charge is 2.34. The first-order chi connectivity index (χ1) is 14.4. The fourth-order valence-electron chi connectivity index (χ4n) is 4.09. The molecule has 0 atom stereocenters. The number of nitrogens with zero attached hydrogens (tertiary/aromatic N) is 1. The Morgan fingerprint density at radius 2 is 1.67 bits per heavy atom. The second-order valence-corrected chi connectivity index (χ2v) is 8.55. The van der Waals surface area contributed by atoms with E-state index in [4.69, 9.17) is 17.3 Å². The Kier molecular flexibility index (Phi) is 5.89. The van der Waals surface area contributed by atoms with Gasteiger partial charge in [0.2, 0.25) is 0 Å². The van der Waals surface area contributed by atoms with Gasteiger partial charge in [-0.1, -0.05) is 29.8 Å². The average molecular weight is 422 g/mol. The first kappa shape index (κ1) is 20.6. The van der Waals surface area contributed by atoms with Gasteiger partial charge < -0.3 is 21.1 Å². The lowest BCUT2D eigenvalue weighted by Crippen LogP contribution is -2.42. The van der Waals surface area contributed by atoms with Crippen LogP contribution in [-0.4, -0.2) is 18.2 Å². The van der Waals surface area contributed by atoms with Crippen molar-refractivity contribution in [1.82, 2.24) is 0 Å². The van der Waals surface area contributed by atoms with Crippen molar-refractivity contribution < 1.29 is 5.11 Å². The summed E-state index contributed by atoms with van der Waals surface area (Å²) in [7, 11) is 0. The summed E-state index contributed by atoms with van der Waals surface area (Å²) in [5.74, 6) is 0. The van der Waals surface area contributed by atoms with E-state index in [9.17, 15) is 5.11 Å². The van der Waals surface area contributed by atoms with Gasteiger partial charge in [-0.05, 0) is 85.0 Å². The number of benzene rings is 3. The van der Waals surface area contributed by atoms with Gasteiger partial charge in [-0.15, -0.1) is 0 Å². The van der Waals surface area contributed by atoms with Crippen LogP contribution in [0.25, 0.3) is 0 Å². The maximum Gasteiger partial charge on any atom is 0.0930 e. The van der Waals surface area contributed by atoms with Crippen LogP contribution in [0.4, 0.5) is 17.1 Å². The minimum Gasteiger partial charge on any atom is -0.399 e. The summed E-state index contributed by atoms with van der Waals surface area (Å²) in [5, 5.41) is 15.2. The Balaban J connectivity index is 1.35. The van der Waals surface area contributed by atoms with E-state index in [0.29, 0.717) is 17.9 Å². The van der Waals surface area contributed by atoms with Crippen molar-refractivity contribution >= 4 is 28.7 Å². The molecule has 0 aromatic heterocycles. The van der Waals surface area contributed by atoms with E-state index in [-0.39, 0.29) is 0 Å². The first-order valence-electron chi connectivity index (χ1n) is 10.4. The van der Waals surface area contributed by atoms with E-state index >= 15 is 0 Å². The number of nitrogens with two attached hydrogens (primary N) is 1.